The Balaban J connectivity index is 1.82. The fourth-order valence-corrected chi connectivity index (χ4v) is 1.83. The molecule has 1 atom stereocenters. The van der Waals surface area contributed by atoms with Crippen LogP contribution in [0.3, 0.4) is 0 Å². The first kappa shape index (κ1) is 11.9. The van der Waals surface area contributed by atoms with Crippen LogP contribution in [-0.4, -0.2) is 25.7 Å². The molecule has 17 heavy (non-hydrogen) atoms. The third-order valence-corrected chi connectivity index (χ3v) is 2.85. The molecule has 0 aromatic heterocycles. The van der Waals surface area contributed by atoms with E-state index in [1.54, 1.807) is 7.11 Å². The maximum Gasteiger partial charge on any atom is 0.222 e. The van der Waals surface area contributed by atoms with Gasteiger partial charge in [-0.2, -0.15) is 0 Å². The van der Waals surface area contributed by atoms with Crippen molar-refractivity contribution in [2.45, 2.75) is 25.6 Å². The molecule has 0 unspecified atom stereocenters. The van der Waals surface area contributed by atoms with Crippen LogP contribution in [0.4, 0.5) is 0 Å². The van der Waals surface area contributed by atoms with E-state index in [2.05, 4.69) is 5.32 Å². The second-order valence-electron chi connectivity index (χ2n) is 4.12. The molecular weight excluding hydrogens is 218 g/mol. The molecular formula is C13H17NO3. The minimum Gasteiger partial charge on any atom is -0.497 e. The first-order chi connectivity index (χ1) is 8.28. The second-order valence-corrected chi connectivity index (χ2v) is 4.12. The molecule has 1 amide bonds. The van der Waals surface area contributed by atoms with Crippen LogP contribution in [0.25, 0.3) is 0 Å². The highest BCUT2D eigenvalue weighted by Gasteiger charge is 2.19. The van der Waals surface area contributed by atoms with Gasteiger partial charge in [-0.3, -0.25) is 4.79 Å². The van der Waals surface area contributed by atoms with Gasteiger partial charge in [-0.1, -0.05) is 12.1 Å². The summed E-state index contributed by atoms with van der Waals surface area (Å²) < 4.78 is 10.8. The zero-order chi connectivity index (χ0) is 12.1. The molecule has 1 heterocycles. The Bertz CT molecular complexity index is 375. The lowest BCUT2D eigenvalue weighted by Crippen LogP contribution is -2.37. The highest BCUT2D eigenvalue weighted by atomic mass is 16.5. The maximum absolute atomic E-state index is 11.2. The number of piperidine rings is 1. The van der Waals surface area contributed by atoms with Crippen molar-refractivity contribution in [3.05, 3.63) is 29.8 Å². The van der Waals surface area contributed by atoms with Crippen LogP contribution in [-0.2, 0) is 16.1 Å². The lowest BCUT2D eigenvalue weighted by Gasteiger charge is -2.22. The highest BCUT2D eigenvalue weighted by molar-refractivity contribution is 5.77. The van der Waals surface area contributed by atoms with Gasteiger partial charge < -0.3 is 14.8 Å². The van der Waals surface area contributed by atoms with Gasteiger partial charge in [0.05, 0.1) is 26.2 Å². The number of carbonyl (C=O) groups excluding carboxylic acids is 1. The van der Waals surface area contributed by atoms with E-state index in [-0.39, 0.29) is 12.0 Å². The summed E-state index contributed by atoms with van der Waals surface area (Å²) in [6.45, 7) is 1.26. The monoisotopic (exact) mass is 235 g/mol. The van der Waals surface area contributed by atoms with Crippen LogP contribution in [0.5, 0.6) is 5.75 Å². The van der Waals surface area contributed by atoms with E-state index < -0.39 is 0 Å². The molecule has 1 aromatic rings. The summed E-state index contributed by atoms with van der Waals surface area (Å²) in [4.78, 5) is 11.2. The lowest BCUT2D eigenvalue weighted by molar-refractivity contribution is -0.126. The van der Waals surface area contributed by atoms with Crippen LogP contribution in [0.2, 0.25) is 0 Å². The Morgan fingerprint density at radius 3 is 2.76 bits per heavy atom. The van der Waals surface area contributed by atoms with Gasteiger partial charge in [0.15, 0.2) is 0 Å². The number of carbonyl (C=O) groups is 1. The molecule has 1 aliphatic heterocycles. The molecule has 0 aliphatic carbocycles. The van der Waals surface area contributed by atoms with Crippen molar-refractivity contribution in [1.29, 1.82) is 0 Å². The number of benzene rings is 1. The smallest absolute Gasteiger partial charge is 0.222 e. The molecule has 1 saturated heterocycles. The maximum atomic E-state index is 11.2. The van der Waals surface area contributed by atoms with Crippen LogP contribution in [0.1, 0.15) is 18.4 Å². The predicted octanol–water partition coefficient (Wildman–Crippen LogP) is 1.49. The number of amides is 1. The average molecular weight is 235 g/mol. The molecule has 4 heteroatoms. The summed E-state index contributed by atoms with van der Waals surface area (Å²) >= 11 is 0. The highest BCUT2D eigenvalue weighted by Crippen LogP contribution is 2.15. The minimum atomic E-state index is 0.0471. The quantitative estimate of drug-likeness (QED) is 0.860. The van der Waals surface area contributed by atoms with Crippen LogP contribution in [0.15, 0.2) is 24.3 Å². The first-order valence-electron chi connectivity index (χ1n) is 5.79. The summed E-state index contributed by atoms with van der Waals surface area (Å²) in [6, 6.07) is 7.77. The van der Waals surface area contributed by atoms with Crippen LogP contribution >= 0.6 is 0 Å². The zero-order valence-corrected chi connectivity index (χ0v) is 9.94. The summed E-state index contributed by atoms with van der Waals surface area (Å²) in [6.07, 6.45) is 1.41. The summed E-state index contributed by atoms with van der Waals surface area (Å²) in [5.74, 6) is 0.918. The normalized spacial score (nSPS) is 19.8. The Labute approximate surface area is 101 Å². The van der Waals surface area contributed by atoms with Crippen molar-refractivity contribution in [2.75, 3.05) is 13.7 Å². The van der Waals surface area contributed by atoms with Gasteiger partial charge in [-0.15, -0.1) is 0 Å². The van der Waals surface area contributed by atoms with Crippen LogP contribution in [0, 0.1) is 0 Å². The molecule has 1 fully saturated rings. The number of methoxy groups -OCH3 is 1. The molecule has 2 rings (SSSR count). The van der Waals surface area contributed by atoms with Crippen molar-refractivity contribution in [3.8, 4) is 5.75 Å². The number of nitrogens with one attached hydrogen (secondary N) is 1. The number of hydrogen-bond acceptors (Lipinski definition) is 3. The predicted molar refractivity (Wildman–Crippen MR) is 63.8 cm³/mol. The van der Waals surface area contributed by atoms with E-state index in [9.17, 15) is 4.79 Å². The molecule has 0 spiro atoms. The Hall–Kier alpha value is -1.55. The first-order valence-corrected chi connectivity index (χ1v) is 5.79. The molecule has 0 bridgehead atoms. The fourth-order valence-electron chi connectivity index (χ4n) is 1.83. The van der Waals surface area contributed by atoms with Gasteiger partial charge in [-0.25, -0.2) is 0 Å². The SMILES string of the molecule is COc1ccc(CO[C@@H]2CCNC(=O)C2)cc1. The van der Waals surface area contributed by atoms with Crippen molar-refractivity contribution < 1.29 is 14.3 Å². The van der Waals surface area contributed by atoms with E-state index in [1.807, 2.05) is 24.3 Å². The van der Waals surface area contributed by atoms with Gasteiger partial charge in [0.2, 0.25) is 5.91 Å². The lowest BCUT2D eigenvalue weighted by atomic mass is 10.1. The molecule has 1 N–H and O–H groups in total. The molecule has 92 valence electrons. The Morgan fingerprint density at radius 2 is 2.12 bits per heavy atom. The van der Waals surface area contributed by atoms with E-state index in [1.165, 1.54) is 0 Å². The Kier molecular flexibility index (Phi) is 3.98. The summed E-state index contributed by atoms with van der Waals surface area (Å²) in [5.41, 5.74) is 1.09. The van der Waals surface area contributed by atoms with E-state index in [4.69, 9.17) is 9.47 Å². The molecule has 0 radical (unpaired) electrons. The van der Waals surface area contributed by atoms with Crippen molar-refractivity contribution >= 4 is 5.91 Å². The zero-order valence-electron chi connectivity index (χ0n) is 9.94. The van der Waals surface area contributed by atoms with Crippen molar-refractivity contribution in [2.24, 2.45) is 0 Å². The summed E-state index contributed by atoms with van der Waals surface area (Å²) in [7, 11) is 1.64. The van der Waals surface area contributed by atoms with Gasteiger partial charge >= 0.3 is 0 Å². The standard InChI is InChI=1S/C13H17NO3/c1-16-11-4-2-10(3-5-11)9-17-12-6-7-14-13(15)8-12/h2-5,12H,6-9H2,1H3,(H,14,15)/t12-/m1/s1. The average Bonchev–Trinajstić information content (AvgIpc) is 2.37. The minimum absolute atomic E-state index is 0.0471. The van der Waals surface area contributed by atoms with Crippen molar-refractivity contribution in [1.82, 2.24) is 5.32 Å². The van der Waals surface area contributed by atoms with E-state index >= 15 is 0 Å². The van der Waals surface area contributed by atoms with Crippen LogP contribution < -0.4 is 10.1 Å². The Morgan fingerprint density at radius 1 is 1.35 bits per heavy atom. The third-order valence-electron chi connectivity index (χ3n) is 2.85. The molecule has 0 saturated carbocycles. The number of hydrogen-bond donors (Lipinski definition) is 1. The third kappa shape index (κ3) is 3.46. The van der Waals surface area contributed by atoms with E-state index in [0.29, 0.717) is 19.6 Å². The van der Waals surface area contributed by atoms with Gasteiger partial charge in [-0.05, 0) is 24.1 Å². The van der Waals surface area contributed by atoms with Gasteiger partial charge in [0, 0.05) is 6.54 Å². The molecule has 4 nitrogen and oxygen atoms in total. The van der Waals surface area contributed by atoms with Crippen molar-refractivity contribution in [3.63, 3.8) is 0 Å². The number of rotatable bonds is 4. The summed E-state index contributed by atoms with van der Waals surface area (Å²) in [5, 5.41) is 2.79. The van der Waals surface area contributed by atoms with E-state index in [0.717, 1.165) is 17.7 Å². The second kappa shape index (κ2) is 5.68. The topological polar surface area (TPSA) is 47.6 Å². The largest absolute Gasteiger partial charge is 0.497 e. The molecule has 1 aromatic carbocycles. The fraction of sp³-hybridized carbons (Fsp3) is 0.462. The van der Waals surface area contributed by atoms with Gasteiger partial charge in [0.25, 0.3) is 0 Å². The number of ether oxygens (including phenoxy) is 2. The molecule has 1 aliphatic rings. The van der Waals surface area contributed by atoms with Gasteiger partial charge in [0.1, 0.15) is 5.75 Å².